The van der Waals surface area contributed by atoms with Gasteiger partial charge in [0.2, 0.25) is 15.9 Å². The fourth-order valence-corrected chi connectivity index (χ4v) is 6.42. The average Bonchev–Trinajstić information content (AvgIpc) is 2.96. The maximum atomic E-state index is 13.3. The summed E-state index contributed by atoms with van der Waals surface area (Å²) in [6.45, 7) is 5.29. The lowest BCUT2D eigenvalue weighted by Crippen LogP contribution is -2.50. The number of anilines is 1. The Balaban J connectivity index is 1.64. The number of benzene rings is 2. The molecule has 6 heteroatoms. The van der Waals surface area contributed by atoms with Crippen LogP contribution in [0.1, 0.15) is 37.8 Å². The number of aryl methyl sites for hydroxylation is 1. The molecule has 148 valence electrons. The third-order valence-corrected chi connectivity index (χ3v) is 8.23. The van der Waals surface area contributed by atoms with Crippen molar-refractivity contribution < 1.29 is 13.2 Å². The van der Waals surface area contributed by atoms with E-state index in [9.17, 15) is 13.2 Å². The number of likely N-dealkylation sites (N-methyl/N-ethyl adjacent to an activating group) is 1. The van der Waals surface area contributed by atoms with Gasteiger partial charge in [-0.2, -0.15) is 4.31 Å². The zero-order valence-corrected chi connectivity index (χ0v) is 17.2. The summed E-state index contributed by atoms with van der Waals surface area (Å²) in [5.74, 6) is 0.113. The zero-order valence-electron chi connectivity index (χ0n) is 16.4. The molecule has 5 nitrogen and oxygen atoms in total. The minimum absolute atomic E-state index is 0.113. The fourth-order valence-electron chi connectivity index (χ4n) is 4.69. The second-order valence-electron chi connectivity index (χ2n) is 7.51. The third-order valence-electron chi connectivity index (χ3n) is 6.23. The van der Waals surface area contributed by atoms with Crippen molar-refractivity contribution >= 4 is 21.6 Å². The van der Waals surface area contributed by atoms with Crippen LogP contribution in [-0.2, 0) is 26.7 Å². The Labute approximate surface area is 167 Å². The normalized spacial score (nSPS) is 19.2. The number of rotatable bonds is 4. The highest BCUT2D eigenvalue weighted by molar-refractivity contribution is 7.89. The Morgan fingerprint density at radius 2 is 1.61 bits per heavy atom. The van der Waals surface area contributed by atoms with Crippen molar-refractivity contribution in [3.05, 3.63) is 59.7 Å². The highest BCUT2D eigenvalue weighted by Crippen LogP contribution is 2.48. The molecule has 0 saturated carbocycles. The molecule has 0 radical (unpaired) electrons. The number of hydrogen-bond acceptors (Lipinski definition) is 3. The number of para-hydroxylation sites is 1. The van der Waals surface area contributed by atoms with Crippen LogP contribution < -0.4 is 4.90 Å². The van der Waals surface area contributed by atoms with Gasteiger partial charge in [0.1, 0.15) is 0 Å². The largest absolute Gasteiger partial charge is 0.312 e. The smallest absolute Gasteiger partial charge is 0.243 e. The molecule has 1 spiro atoms. The van der Waals surface area contributed by atoms with Gasteiger partial charge >= 0.3 is 0 Å². The molecule has 2 aromatic carbocycles. The lowest BCUT2D eigenvalue weighted by atomic mass is 9.74. The van der Waals surface area contributed by atoms with E-state index >= 15 is 0 Å². The predicted molar refractivity (Wildman–Crippen MR) is 110 cm³/mol. The molecule has 0 unspecified atom stereocenters. The minimum atomic E-state index is -3.56. The van der Waals surface area contributed by atoms with Gasteiger partial charge in [0.25, 0.3) is 0 Å². The highest BCUT2D eigenvalue weighted by atomic mass is 32.2. The predicted octanol–water partition coefficient (Wildman–Crippen LogP) is 3.34. The molecular formula is C22H26N2O3S. The Morgan fingerprint density at radius 1 is 0.964 bits per heavy atom. The van der Waals surface area contributed by atoms with Crippen molar-refractivity contribution in [2.45, 2.75) is 43.4 Å². The van der Waals surface area contributed by atoms with E-state index in [1.165, 1.54) is 0 Å². The fraction of sp³-hybridized carbons (Fsp3) is 0.409. The van der Waals surface area contributed by atoms with Crippen LogP contribution in [0.25, 0.3) is 0 Å². The summed E-state index contributed by atoms with van der Waals surface area (Å²) in [5, 5.41) is 0. The molecular weight excluding hydrogens is 372 g/mol. The molecule has 1 amide bonds. The van der Waals surface area contributed by atoms with Crippen LogP contribution in [0.4, 0.5) is 5.69 Å². The summed E-state index contributed by atoms with van der Waals surface area (Å²) in [6, 6.07) is 15.1. The number of piperidine rings is 1. The summed E-state index contributed by atoms with van der Waals surface area (Å²) in [5.41, 5.74) is 2.26. The Kier molecular flexibility index (Phi) is 4.79. The molecule has 0 aromatic heterocycles. The molecule has 0 bridgehead atoms. The quantitative estimate of drug-likeness (QED) is 0.794. The maximum absolute atomic E-state index is 13.3. The Morgan fingerprint density at radius 3 is 2.29 bits per heavy atom. The Bertz CT molecular complexity index is 1010. The van der Waals surface area contributed by atoms with Crippen molar-refractivity contribution in [3.8, 4) is 0 Å². The summed E-state index contributed by atoms with van der Waals surface area (Å²) in [7, 11) is -3.56. The summed E-state index contributed by atoms with van der Waals surface area (Å²) in [4.78, 5) is 15.5. The first-order chi connectivity index (χ1) is 13.5. The lowest BCUT2D eigenvalue weighted by molar-refractivity contribution is -0.124. The average molecular weight is 399 g/mol. The number of fused-ring (bicyclic) bond motifs is 2. The van der Waals surface area contributed by atoms with Crippen LogP contribution in [0.5, 0.6) is 0 Å². The molecule has 2 aromatic rings. The number of carbonyl (C=O) groups excluding carboxylic acids is 1. The van der Waals surface area contributed by atoms with Crippen LogP contribution in [0.3, 0.4) is 0 Å². The standard InChI is InChI=1S/C22H26N2O3S/c1-3-17-9-5-8-12-20(17)28(26,27)23-15-13-22(14-16-23)18-10-6-7-11-19(18)24(4-2)21(22)25/h5-12H,3-4,13-16H2,1-2H3. The number of hydrogen-bond donors (Lipinski definition) is 0. The van der Waals surface area contributed by atoms with Crippen molar-refractivity contribution in [3.63, 3.8) is 0 Å². The molecule has 0 N–H and O–H groups in total. The van der Waals surface area contributed by atoms with Gasteiger partial charge < -0.3 is 4.90 Å². The van der Waals surface area contributed by atoms with Crippen molar-refractivity contribution in [1.29, 1.82) is 0 Å². The molecule has 0 aliphatic carbocycles. The molecule has 0 atom stereocenters. The Hall–Kier alpha value is -2.18. The van der Waals surface area contributed by atoms with E-state index in [2.05, 4.69) is 0 Å². The second kappa shape index (κ2) is 7.01. The van der Waals surface area contributed by atoms with Crippen molar-refractivity contribution in [2.24, 2.45) is 0 Å². The molecule has 1 fully saturated rings. The number of sulfonamides is 1. The van der Waals surface area contributed by atoms with E-state index in [0.717, 1.165) is 16.8 Å². The number of nitrogens with zero attached hydrogens (tertiary/aromatic N) is 2. The van der Waals surface area contributed by atoms with Crippen LogP contribution in [0, 0.1) is 0 Å². The van der Waals surface area contributed by atoms with Gasteiger partial charge in [-0.15, -0.1) is 0 Å². The van der Waals surface area contributed by atoms with E-state index in [1.54, 1.807) is 16.4 Å². The van der Waals surface area contributed by atoms with Gasteiger partial charge in [0.15, 0.2) is 0 Å². The van der Waals surface area contributed by atoms with Gasteiger partial charge in [-0.25, -0.2) is 8.42 Å². The molecule has 28 heavy (non-hydrogen) atoms. The first-order valence-electron chi connectivity index (χ1n) is 9.95. The SMILES string of the molecule is CCc1ccccc1S(=O)(=O)N1CCC2(CC1)C(=O)N(CC)c1ccccc12. The molecule has 2 aliphatic heterocycles. The summed E-state index contributed by atoms with van der Waals surface area (Å²) >= 11 is 0. The molecule has 2 aliphatic rings. The van der Waals surface area contributed by atoms with E-state index < -0.39 is 15.4 Å². The van der Waals surface area contributed by atoms with Crippen molar-refractivity contribution in [2.75, 3.05) is 24.5 Å². The summed E-state index contributed by atoms with van der Waals surface area (Å²) in [6.07, 6.45) is 1.71. The van der Waals surface area contributed by atoms with Crippen molar-refractivity contribution in [1.82, 2.24) is 4.31 Å². The first kappa shape index (κ1) is 19.2. The van der Waals surface area contributed by atoms with Gasteiger partial charge in [0.05, 0.1) is 10.3 Å². The molecule has 1 saturated heterocycles. The van der Waals surface area contributed by atoms with E-state index in [0.29, 0.717) is 43.8 Å². The van der Waals surface area contributed by atoms with E-state index in [-0.39, 0.29) is 5.91 Å². The molecule has 4 rings (SSSR count). The second-order valence-corrected chi connectivity index (χ2v) is 9.42. The first-order valence-corrected chi connectivity index (χ1v) is 11.4. The van der Waals surface area contributed by atoms with Gasteiger partial charge in [-0.3, -0.25) is 4.79 Å². The van der Waals surface area contributed by atoms with Gasteiger partial charge in [-0.05, 0) is 49.4 Å². The third kappa shape index (κ3) is 2.70. The zero-order chi connectivity index (χ0) is 19.9. The van der Waals surface area contributed by atoms with Crippen LogP contribution in [0.15, 0.2) is 53.4 Å². The van der Waals surface area contributed by atoms with Crippen LogP contribution >= 0.6 is 0 Å². The van der Waals surface area contributed by atoms with E-state index in [4.69, 9.17) is 0 Å². The van der Waals surface area contributed by atoms with Gasteiger partial charge in [0, 0.05) is 25.3 Å². The number of amides is 1. The van der Waals surface area contributed by atoms with Crippen LogP contribution in [-0.4, -0.2) is 38.3 Å². The van der Waals surface area contributed by atoms with E-state index in [1.807, 2.05) is 55.1 Å². The highest BCUT2D eigenvalue weighted by Gasteiger charge is 2.52. The lowest BCUT2D eigenvalue weighted by Gasteiger charge is -2.38. The number of carbonyl (C=O) groups is 1. The topological polar surface area (TPSA) is 57.7 Å². The maximum Gasteiger partial charge on any atom is 0.243 e. The monoisotopic (exact) mass is 398 g/mol. The van der Waals surface area contributed by atoms with Crippen LogP contribution in [0.2, 0.25) is 0 Å². The minimum Gasteiger partial charge on any atom is -0.312 e. The van der Waals surface area contributed by atoms with Gasteiger partial charge in [-0.1, -0.05) is 43.3 Å². The summed E-state index contributed by atoms with van der Waals surface area (Å²) < 4.78 is 28.0. The molecule has 2 heterocycles.